The fourth-order valence-corrected chi connectivity index (χ4v) is 4.03. The first kappa shape index (κ1) is 24.3. The monoisotopic (exact) mass is 444 g/mol. The summed E-state index contributed by atoms with van der Waals surface area (Å²) in [5.41, 5.74) is 1.98. The van der Waals surface area contributed by atoms with Gasteiger partial charge in [-0.1, -0.05) is 36.4 Å². The van der Waals surface area contributed by atoms with Crippen molar-refractivity contribution in [1.82, 2.24) is 0 Å². The van der Waals surface area contributed by atoms with Crippen LogP contribution in [-0.4, -0.2) is 42.9 Å². The average molecular weight is 445 g/mol. The summed E-state index contributed by atoms with van der Waals surface area (Å²) in [7, 11) is -3.16. The second-order valence-corrected chi connectivity index (χ2v) is 18.0. The van der Waals surface area contributed by atoms with E-state index >= 15 is 0 Å². The zero-order valence-corrected chi connectivity index (χ0v) is 21.2. The van der Waals surface area contributed by atoms with Crippen LogP contribution < -0.4 is 10.0 Å². The van der Waals surface area contributed by atoms with E-state index in [1.54, 1.807) is 0 Å². The SMILES string of the molecule is C[Si](C)(C)OCCN(/N=N/N(CCO[Si](C)(C)C)c1ccccc1)c1ccccc1. The van der Waals surface area contributed by atoms with Crippen LogP contribution >= 0.6 is 0 Å². The third-order valence-electron chi connectivity index (χ3n) is 4.04. The summed E-state index contributed by atoms with van der Waals surface area (Å²) in [6, 6.07) is 20.2. The third-order valence-corrected chi connectivity index (χ3v) is 6.18. The molecule has 0 N–H and O–H groups in total. The van der Waals surface area contributed by atoms with Gasteiger partial charge in [-0.15, -0.1) is 0 Å². The molecule has 0 unspecified atom stereocenters. The molecule has 0 radical (unpaired) electrons. The molecule has 2 aromatic rings. The second kappa shape index (κ2) is 11.4. The summed E-state index contributed by atoms with van der Waals surface area (Å²) >= 11 is 0. The largest absolute Gasteiger partial charge is 0.416 e. The molecule has 0 saturated carbocycles. The van der Waals surface area contributed by atoms with E-state index in [4.69, 9.17) is 8.85 Å². The lowest BCUT2D eigenvalue weighted by Gasteiger charge is -2.24. The van der Waals surface area contributed by atoms with Crippen LogP contribution in [-0.2, 0) is 8.85 Å². The van der Waals surface area contributed by atoms with Gasteiger partial charge in [0.1, 0.15) is 0 Å². The first-order valence-electron chi connectivity index (χ1n) is 10.5. The molecule has 0 aliphatic heterocycles. The van der Waals surface area contributed by atoms with E-state index in [1.807, 2.05) is 70.7 Å². The minimum absolute atomic E-state index is 0.619. The fourth-order valence-electron chi connectivity index (χ4n) is 2.62. The van der Waals surface area contributed by atoms with Gasteiger partial charge in [0.2, 0.25) is 0 Å². The molecule has 0 aliphatic carbocycles. The zero-order valence-electron chi connectivity index (χ0n) is 19.2. The molecule has 0 saturated heterocycles. The highest BCUT2D eigenvalue weighted by molar-refractivity contribution is 6.70. The number of anilines is 2. The van der Waals surface area contributed by atoms with Crippen LogP contribution in [0.3, 0.4) is 0 Å². The molecule has 0 heterocycles. The Hall–Kier alpha value is -2.01. The van der Waals surface area contributed by atoms with E-state index in [-0.39, 0.29) is 0 Å². The molecule has 0 spiro atoms. The lowest BCUT2D eigenvalue weighted by molar-refractivity contribution is 0.313. The van der Waals surface area contributed by atoms with E-state index in [2.05, 4.69) is 49.7 Å². The molecule has 30 heavy (non-hydrogen) atoms. The number of hydrogen-bond acceptors (Lipinski definition) is 4. The quantitative estimate of drug-likeness (QED) is 0.229. The van der Waals surface area contributed by atoms with Crippen LogP contribution in [0.15, 0.2) is 71.1 Å². The molecule has 0 aromatic heterocycles. The molecule has 8 heteroatoms. The molecule has 0 atom stereocenters. The summed E-state index contributed by atoms with van der Waals surface area (Å²) in [5.74, 6) is 0. The molecular formula is C22H36N4O2Si2. The van der Waals surface area contributed by atoms with Gasteiger partial charge >= 0.3 is 0 Å². The molecular weight excluding hydrogens is 408 g/mol. The van der Waals surface area contributed by atoms with Crippen molar-refractivity contribution >= 4 is 28.0 Å². The molecule has 6 nitrogen and oxygen atoms in total. The van der Waals surface area contributed by atoms with Crippen molar-refractivity contribution in [3.8, 4) is 0 Å². The average Bonchev–Trinajstić information content (AvgIpc) is 2.68. The summed E-state index contributed by atoms with van der Waals surface area (Å²) < 4.78 is 12.1. The number of rotatable bonds is 12. The minimum Gasteiger partial charge on any atom is -0.416 e. The molecule has 0 aliphatic rings. The highest BCUT2D eigenvalue weighted by atomic mass is 28.4. The molecule has 2 rings (SSSR count). The van der Waals surface area contributed by atoms with Gasteiger partial charge in [-0.05, 0) is 74.0 Å². The summed E-state index contributed by atoms with van der Waals surface area (Å²) in [4.78, 5) is 0. The van der Waals surface area contributed by atoms with Crippen molar-refractivity contribution in [3.63, 3.8) is 0 Å². The van der Waals surface area contributed by atoms with Crippen molar-refractivity contribution < 1.29 is 8.85 Å². The van der Waals surface area contributed by atoms with E-state index in [0.29, 0.717) is 26.3 Å². The van der Waals surface area contributed by atoms with E-state index in [1.165, 1.54) is 0 Å². The Balaban J connectivity index is 2.15. The van der Waals surface area contributed by atoms with Crippen LogP contribution in [0, 0.1) is 0 Å². The lowest BCUT2D eigenvalue weighted by atomic mass is 10.3. The van der Waals surface area contributed by atoms with Crippen molar-refractivity contribution in [3.05, 3.63) is 60.7 Å². The van der Waals surface area contributed by atoms with Crippen LogP contribution in [0.1, 0.15) is 0 Å². The van der Waals surface area contributed by atoms with Gasteiger partial charge in [-0.3, -0.25) is 0 Å². The lowest BCUT2D eigenvalue weighted by Crippen LogP contribution is -2.32. The summed E-state index contributed by atoms with van der Waals surface area (Å²) in [5, 5.41) is 13.0. The summed E-state index contributed by atoms with van der Waals surface area (Å²) in [6.07, 6.45) is 0. The fraction of sp³-hybridized carbons (Fsp3) is 0.455. The smallest absolute Gasteiger partial charge is 0.183 e. The zero-order chi connectivity index (χ0) is 22.0. The predicted molar refractivity (Wildman–Crippen MR) is 131 cm³/mol. The topological polar surface area (TPSA) is 49.7 Å². The highest BCUT2D eigenvalue weighted by Gasteiger charge is 2.17. The predicted octanol–water partition coefficient (Wildman–Crippen LogP) is 5.98. The van der Waals surface area contributed by atoms with Gasteiger partial charge in [0.15, 0.2) is 16.6 Å². The Morgan fingerprint density at radius 2 is 0.933 bits per heavy atom. The summed E-state index contributed by atoms with van der Waals surface area (Å²) in [6.45, 7) is 15.7. The van der Waals surface area contributed by atoms with Gasteiger partial charge in [0, 0.05) is 0 Å². The number of nitrogens with zero attached hydrogens (tertiary/aromatic N) is 4. The van der Waals surface area contributed by atoms with E-state index < -0.39 is 16.6 Å². The molecule has 2 aromatic carbocycles. The Morgan fingerprint density at radius 1 is 0.600 bits per heavy atom. The molecule has 0 fully saturated rings. The highest BCUT2D eigenvalue weighted by Crippen LogP contribution is 2.18. The van der Waals surface area contributed by atoms with E-state index in [9.17, 15) is 0 Å². The normalized spacial score (nSPS) is 12.3. The first-order valence-corrected chi connectivity index (χ1v) is 17.3. The first-order chi connectivity index (χ1) is 14.1. The third kappa shape index (κ3) is 9.66. The van der Waals surface area contributed by atoms with Crippen molar-refractivity contribution in [2.24, 2.45) is 10.4 Å². The maximum absolute atomic E-state index is 6.04. The molecule has 0 amide bonds. The van der Waals surface area contributed by atoms with Gasteiger partial charge in [0.25, 0.3) is 0 Å². The van der Waals surface area contributed by atoms with Crippen molar-refractivity contribution in [2.45, 2.75) is 39.3 Å². The Labute approximate surface area is 183 Å². The second-order valence-electron chi connectivity index (χ2n) is 9.02. The number of hydrogen-bond donors (Lipinski definition) is 0. The number of benzene rings is 2. The molecule has 0 bridgehead atoms. The van der Waals surface area contributed by atoms with Gasteiger partial charge in [-0.2, -0.15) is 0 Å². The Bertz CT molecular complexity index is 697. The van der Waals surface area contributed by atoms with Gasteiger partial charge < -0.3 is 8.85 Å². The van der Waals surface area contributed by atoms with Gasteiger partial charge in [-0.25, -0.2) is 10.0 Å². The number of para-hydroxylation sites is 2. The Morgan fingerprint density at radius 3 is 1.23 bits per heavy atom. The minimum atomic E-state index is -1.58. The van der Waals surface area contributed by atoms with Crippen LogP contribution in [0.2, 0.25) is 39.3 Å². The van der Waals surface area contributed by atoms with Crippen molar-refractivity contribution in [2.75, 3.05) is 36.3 Å². The maximum Gasteiger partial charge on any atom is 0.183 e. The van der Waals surface area contributed by atoms with Crippen LogP contribution in [0.4, 0.5) is 11.4 Å². The van der Waals surface area contributed by atoms with E-state index in [0.717, 1.165) is 11.4 Å². The van der Waals surface area contributed by atoms with Crippen LogP contribution in [0.25, 0.3) is 0 Å². The van der Waals surface area contributed by atoms with Crippen molar-refractivity contribution in [1.29, 1.82) is 0 Å². The van der Waals surface area contributed by atoms with Gasteiger partial charge in [0.05, 0.1) is 37.7 Å². The molecule has 164 valence electrons. The Kier molecular flexibility index (Phi) is 9.22. The van der Waals surface area contributed by atoms with Crippen LogP contribution in [0.5, 0.6) is 0 Å². The standard InChI is InChI=1S/C22H36N4O2Si2/c1-29(2,3)27-19-17-25(21-13-9-7-10-14-21)23-24-26(18-20-28-30(4,5)6)22-15-11-8-12-16-22/h7-16H,17-20H2,1-6H3/b24-23+. The maximum atomic E-state index is 6.04.